The smallest absolute Gasteiger partial charge is 0.387 e. The average molecular weight is 370 g/mol. The van der Waals surface area contributed by atoms with E-state index in [1.807, 2.05) is 0 Å². The first-order chi connectivity index (χ1) is 11.9. The number of benzene rings is 2. The second kappa shape index (κ2) is 8.20. The summed E-state index contributed by atoms with van der Waals surface area (Å²) in [5.41, 5.74) is -0.00652. The molecule has 0 heterocycles. The first-order valence-corrected chi connectivity index (χ1v) is 7.12. The zero-order valence-electron chi connectivity index (χ0n) is 12.4. The molecule has 0 spiro atoms. The molecule has 9 heteroatoms. The SMILES string of the molecule is O=C(/C=C/c1ccccc1OC(F)F)Oc1ccc([N+](=O)[O-])cc1Cl. The largest absolute Gasteiger partial charge is 0.434 e. The predicted molar refractivity (Wildman–Crippen MR) is 85.8 cm³/mol. The van der Waals surface area contributed by atoms with Gasteiger partial charge >= 0.3 is 12.6 Å². The van der Waals surface area contributed by atoms with Gasteiger partial charge in [0, 0.05) is 23.8 Å². The van der Waals surface area contributed by atoms with Crippen LogP contribution in [0.25, 0.3) is 6.08 Å². The first-order valence-electron chi connectivity index (χ1n) is 6.74. The number of hydrogen-bond acceptors (Lipinski definition) is 5. The van der Waals surface area contributed by atoms with E-state index in [1.54, 1.807) is 6.07 Å². The molecule has 0 saturated heterocycles. The van der Waals surface area contributed by atoms with Gasteiger partial charge in [-0.2, -0.15) is 8.78 Å². The average Bonchev–Trinajstić information content (AvgIpc) is 2.55. The quantitative estimate of drug-likeness (QED) is 0.247. The summed E-state index contributed by atoms with van der Waals surface area (Å²) >= 11 is 5.81. The van der Waals surface area contributed by atoms with Crippen molar-refractivity contribution in [3.05, 3.63) is 69.2 Å². The molecule has 0 aliphatic carbocycles. The Balaban J connectivity index is 2.10. The summed E-state index contributed by atoms with van der Waals surface area (Å²) in [6.45, 7) is -3.00. The van der Waals surface area contributed by atoms with Crippen molar-refractivity contribution >= 4 is 29.3 Å². The number of hydrogen-bond donors (Lipinski definition) is 0. The van der Waals surface area contributed by atoms with Gasteiger partial charge in [-0.15, -0.1) is 0 Å². The predicted octanol–water partition coefficient (Wildman–Crippen LogP) is 4.47. The van der Waals surface area contributed by atoms with Crippen LogP contribution in [0.5, 0.6) is 11.5 Å². The zero-order valence-corrected chi connectivity index (χ0v) is 13.2. The number of nitro benzene ring substituents is 1. The fourth-order valence-corrected chi connectivity index (χ4v) is 2.02. The van der Waals surface area contributed by atoms with E-state index in [1.165, 1.54) is 30.3 Å². The molecule has 0 aliphatic rings. The maximum Gasteiger partial charge on any atom is 0.387 e. The monoisotopic (exact) mass is 369 g/mol. The number of non-ortho nitro benzene ring substituents is 1. The highest BCUT2D eigenvalue weighted by Gasteiger charge is 2.12. The summed E-state index contributed by atoms with van der Waals surface area (Å²) in [6.07, 6.45) is 2.23. The number of carbonyl (C=O) groups is 1. The molecule has 0 bridgehead atoms. The molecule has 2 aromatic carbocycles. The van der Waals surface area contributed by atoms with Crippen molar-refractivity contribution in [3.8, 4) is 11.5 Å². The lowest BCUT2D eigenvalue weighted by Crippen LogP contribution is -2.05. The van der Waals surface area contributed by atoms with Crippen LogP contribution in [-0.4, -0.2) is 17.5 Å². The minimum absolute atomic E-state index is 0.0703. The number of esters is 1. The molecule has 130 valence electrons. The van der Waals surface area contributed by atoms with Gasteiger partial charge in [-0.25, -0.2) is 4.79 Å². The van der Waals surface area contributed by atoms with Crippen LogP contribution in [-0.2, 0) is 4.79 Å². The number of halogens is 3. The summed E-state index contributed by atoms with van der Waals surface area (Å²) in [4.78, 5) is 21.8. The second-order valence-corrected chi connectivity index (χ2v) is 4.95. The Morgan fingerprint density at radius 1 is 1.20 bits per heavy atom. The Bertz CT molecular complexity index is 826. The van der Waals surface area contributed by atoms with Crippen molar-refractivity contribution in [1.82, 2.24) is 0 Å². The standard InChI is InChI=1S/C16H10ClF2NO5/c17-12-9-11(20(22)23)6-7-14(12)24-15(21)8-5-10-3-1-2-4-13(10)25-16(18)19/h1-9,16H/b8-5+. The molecule has 0 radical (unpaired) electrons. The Hall–Kier alpha value is -3.00. The fourth-order valence-electron chi connectivity index (χ4n) is 1.81. The summed E-state index contributed by atoms with van der Waals surface area (Å²) < 4.78 is 33.9. The van der Waals surface area contributed by atoms with Crippen LogP contribution in [0.4, 0.5) is 14.5 Å². The number of rotatable bonds is 6. The highest BCUT2D eigenvalue weighted by Crippen LogP contribution is 2.29. The maximum atomic E-state index is 12.3. The second-order valence-electron chi connectivity index (χ2n) is 4.54. The van der Waals surface area contributed by atoms with Crippen molar-refractivity contribution in [2.75, 3.05) is 0 Å². The van der Waals surface area contributed by atoms with Gasteiger partial charge in [-0.05, 0) is 18.2 Å². The number of alkyl halides is 2. The Morgan fingerprint density at radius 3 is 2.56 bits per heavy atom. The molecule has 0 fully saturated rings. The number of carbonyl (C=O) groups excluding carboxylic acids is 1. The maximum absolute atomic E-state index is 12.3. The first kappa shape index (κ1) is 18.3. The molecular weight excluding hydrogens is 360 g/mol. The van der Waals surface area contributed by atoms with Gasteiger partial charge in [0.05, 0.1) is 9.95 Å². The lowest BCUT2D eigenvalue weighted by Gasteiger charge is -2.07. The molecule has 6 nitrogen and oxygen atoms in total. The molecule has 0 N–H and O–H groups in total. The van der Waals surface area contributed by atoms with Gasteiger partial charge in [0.1, 0.15) is 11.5 Å². The lowest BCUT2D eigenvalue weighted by atomic mass is 10.2. The van der Waals surface area contributed by atoms with Crippen LogP contribution in [0.15, 0.2) is 48.5 Å². The van der Waals surface area contributed by atoms with Crippen molar-refractivity contribution in [2.24, 2.45) is 0 Å². The van der Waals surface area contributed by atoms with Crippen molar-refractivity contribution in [1.29, 1.82) is 0 Å². The Morgan fingerprint density at radius 2 is 1.92 bits per heavy atom. The molecule has 0 aromatic heterocycles. The molecule has 0 unspecified atom stereocenters. The van der Waals surface area contributed by atoms with Gasteiger partial charge in [0.15, 0.2) is 0 Å². The van der Waals surface area contributed by atoms with Crippen LogP contribution in [0.2, 0.25) is 5.02 Å². The summed E-state index contributed by atoms with van der Waals surface area (Å²) in [5.74, 6) is -1.02. The van der Waals surface area contributed by atoms with E-state index >= 15 is 0 Å². The molecule has 25 heavy (non-hydrogen) atoms. The number of ether oxygens (including phenoxy) is 2. The summed E-state index contributed by atoms with van der Waals surface area (Å²) in [7, 11) is 0. The molecule has 0 aliphatic heterocycles. The number of para-hydroxylation sites is 1. The number of nitrogens with zero attached hydrogens (tertiary/aromatic N) is 1. The molecule has 0 amide bonds. The van der Waals surface area contributed by atoms with Gasteiger partial charge in [-0.3, -0.25) is 10.1 Å². The highest BCUT2D eigenvalue weighted by molar-refractivity contribution is 6.32. The molecule has 0 saturated carbocycles. The minimum Gasteiger partial charge on any atom is -0.434 e. The molecule has 2 rings (SSSR count). The van der Waals surface area contributed by atoms with Crippen LogP contribution in [0, 0.1) is 10.1 Å². The van der Waals surface area contributed by atoms with Crippen molar-refractivity contribution < 1.29 is 28.0 Å². The minimum atomic E-state index is -3.00. The van der Waals surface area contributed by atoms with E-state index < -0.39 is 17.5 Å². The highest BCUT2D eigenvalue weighted by atomic mass is 35.5. The van der Waals surface area contributed by atoms with Gasteiger partial charge in [0.2, 0.25) is 0 Å². The Labute approximate surface area is 145 Å². The fraction of sp³-hybridized carbons (Fsp3) is 0.0625. The van der Waals surface area contributed by atoms with Crippen LogP contribution in [0.3, 0.4) is 0 Å². The third kappa shape index (κ3) is 5.25. The van der Waals surface area contributed by atoms with E-state index in [9.17, 15) is 23.7 Å². The van der Waals surface area contributed by atoms with E-state index in [4.69, 9.17) is 16.3 Å². The molecule has 2 aromatic rings. The number of nitro groups is 1. The zero-order chi connectivity index (χ0) is 18.4. The Kier molecular flexibility index (Phi) is 6.02. The third-order valence-corrected chi connectivity index (χ3v) is 3.17. The normalized spacial score (nSPS) is 10.9. The topological polar surface area (TPSA) is 78.7 Å². The van der Waals surface area contributed by atoms with Crippen LogP contribution in [0.1, 0.15) is 5.56 Å². The van der Waals surface area contributed by atoms with E-state index in [2.05, 4.69) is 4.74 Å². The third-order valence-electron chi connectivity index (χ3n) is 2.87. The van der Waals surface area contributed by atoms with E-state index in [-0.39, 0.29) is 27.8 Å². The molecule has 0 atom stereocenters. The van der Waals surface area contributed by atoms with Gasteiger partial charge in [0.25, 0.3) is 5.69 Å². The molecular formula is C16H10ClF2NO5. The van der Waals surface area contributed by atoms with Crippen LogP contribution >= 0.6 is 11.6 Å². The summed E-state index contributed by atoms with van der Waals surface area (Å²) in [6, 6.07) is 9.23. The van der Waals surface area contributed by atoms with E-state index in [0.717, 1.165) is 18.2 Å². The van der Waals surface area contributed by atoms with Crippen LogP contribution < -0.4 is 9.47 Å². The van der Waals surface area contributed by atoms with Gasteiger partial charge < -0.3 is 9.47 Å². The van der Waals surface area contributed by atoms with Crippen molar-refractivity contribution in [3.63, 3.8) is 0 Å². The van der Waals surface area contributed by atoms with Gasteiger partial charge in [-0.1, -0.05) is 29.8 Å². The van der Waals surface area contributed by atoms with E-state index in [0.29, 0.717) is 0 Å². The summed E-state index contributed by atoms with van der Waals surface area (Å²) in [5, 5.41) is 10.5. The lowest BCUT2D eigenvalue weighted by molar-refractivity contribution is -0.384. The van der Waals surface area contributed by atoms with Crippen molar-refractivity contribution in [2.45, 2.75) is 6.61 Å².